The van der Waals surface area contributed by atoms with Gasteiger partial charge in [0.1, 0.15) is 6.54 Å². The Morgan fingerprint density at radius 3 is 2.00 bits per heavy atom. The average molecular weight is 328 g/mol. The van der Waals surface area contributed by atoms with Crippen LogP contribution in [0.2, 0.25) is 0 Å². The van der Waals surface area contributed by atoms with Crippen molar-refractivity contribution >= 4 is 39.8 Å². The number of carboxylic acids is 1. The number of carbonyl (C=O) groups is 4. The third-order valence-electron chi connectivity index (χ3n) is 1.34. The van der Waals surface area contributed by atoms with E-state index in [1.807, 2.05) is 0 Å². The second-order valence-corrected chi connectivity index (χ2v) is 3.79. The van der Waals surface area contributed by atoms with Crippen molar-refractivity contribution in [1.29, 1.82) is 0 Å². The van der Waals surface area contributed by atoms with Crippen molar-refractivity contribution in [3.05, 3.63) is 0 Å². The molecule has 0 aliphatic rings. The lowest BCUT2D eigenvalue weighted by Gasteiger charge is -2.06. The minimum atomic E-state index is -1.04. The van der Waals surface area contributed by atoms with Gasteiger partial charge in [-0.05, 0) is 0 Å². The Balaban J connectivity index is 0. The molecular weight excluding hydrogens is 314 g/mol. The Kier molecular flexibility index (Phi) is 10.9. The minimum Gasteiger partial charge on any atom is -0.480 e. The molecule has 0 rings (SSSR count). The van der Waals surface area contributed by atoms with Crippen molar-refractivity contribution in [2.75, 3.05) is 6.54 Å². The van der Waals surface area contributed by atoms with Crippen LogP contribution in [-0.2, 0) is 19.2 Å². The fourth-order valence-corrected chi connectivity index (χ4v) is 0.737. The van der Waals surface area contributed by atoms with Gasteiger partial charge < -0.3 is 10.8 Å². The third kappa shape index (κ3) is 14.3. The van der Waals surface area contributed by atoms with Gasteiger partial charge in [-0.15, -0.1) is 0 Å². The highest BCUT2D eigenvalue weighted by molar-refractivity contribution is 9.07. The maximum atomic E-state index is 10.3. The van der Waals surface area contributed by atoms with Gasteiger partial charge in [-0.2, -0.15) is 0 Å². The van der Waals surface area contributed by atoms with Gasteiger partial charge in [-0.25, -0.2) is 5.48 Å². The number of hydroxylamine groups is 1. The molecule has 0 bridgehead atoms. The van der Waals surface area contributed by atoms with Gasteiger partial charge in [0, 0.05) is 19.8 Å². The van der Waals surface area contributed by atoms with Crippen molar-refractivity contribution in [3.63, 3.8) is 0 Å². The first kappa shape index (κ1) is 18.7. The molecular formula is C8H14BrN3O6. The van der Waals surface area contributed by atoms with E-state index in [-0.39, 0.29) is 25.3 Å². The number of carbonyl (C=O) groups excluding carboxylic acids is 3. The average Bonchev–Trinajstić information content (AvgIpc) is 2.25. The molecule has 0 fully saturated rings. The van der Waals surface area contributed by atoms with Crippen LogP contribution >= 0.6 is 16.1 Å². The zero-order valence-electron chi connectivity index (χ0n) is 9.55. The number of nitrogens with two attached hydrogens (primary N) is 1. The minimum absolute atomic E-state index is 0.0353. The van der Waals surface area contributed by atoms with E-state index in [1.165, 1.54) is 12.4 Å². The smallest absolute Gasteiger partial charge is 0.324 e. The van der Waals surface area contributed by atoms with Crippen LogP contribution in [0, 0.1) is 0 Å². The molecule has 0 saturated heterocycles. The lowest BCUT2D eigenvalue weighted by Crippen LogP contribution is -2.24. The number of nitrogens with zero attached hydrogens (tertiary/aromatic N) is 1. The van der Waals surface area contributed by atoms with E-state index in [9.17, 15) is 19.2 Å². The van der Waals surface area contributed by atoms with Crippen molar-refractivity contribution in [1.82, 2.24) is 9.41 Å². The molecule has 0 aromatic heterocycles. The molecule has 0 heterocycles. The van der Waals surface area contributed by atoms with Gasteiger partial charge in [0.2, 0.25) is 17.7 Å². The van der Waals surface area contributed by atoms with Gasteiger partial charge in [0.25, 0.3) is 0 Å². The highest BCUT2D eigenvalue weighted by atomic mass is 79.9. The van der Waals surface area contributed by atoms with E-state index in [0.29, 0.717) is 0 Å². The maximum Gasteiger partial charge on any atom is 0.324 e. The number of nitrogens with one attached hydrogen (secondary N) is 1. The Hall–Kier alpha value is -1.68. The Morgan fingerprint density at radius 1 is 1.28 bits per heavy atom. The van der Waals surface area contributed by atoms with E-state index in [0.717, 1.165) is 3.93 Å². The SMILES string of the molecule is CC(=O)N(Br)CC(=O)O.NC(=O)CCC(=O)NO. The number of halogens is 1. The fraction of sp³-hybridized carbons (Fsp3) is 0.500. The number of hydrogen-bond acceptors (Lipinski definition) is 5. The van der Waals surface area contributed by atoms with Gasteiger partial charge >= 0.3 is 5.97 Å². The fourth-order valence-electron chi connectivity index (χ4n) is 0.523. The van der Waals surface area contributed by atoms with Crippen LogP contribution in [0.5, 0.6) is 0 Å². The van der Waals surface area contributed by atoms with E-state index in [1.54, 1.807) is 0 Å². The summed E-state index contributed by atoms with van der Waals surface area (Å²) in [6.45, 7) is 0.965. The number of aliphatic carboxylic acids is 1. The third-order valence-corrected chi connectivity index (χ3v) is 2.09. The molecule has 0 radical (unpaired) electrons. The predicted octanol–water partition coefficient (Wildman–Crippen LogP) is -1.01. The summed E-state index contributed by atoms with van der Waals surface area (Å²) < 4.78 is 0.940. The van der Waals surface area contributed by atoms with Gasteiger partial charge in [-0.1, -0.05) is 0 Å². The normalized spacial score (nSPS) is 8.61. The molecule has 9 nitrogen and oxygen atoms in total. The molecule has 0 aromatic rings. The van der Waals surface area contributed by atoms with Crippen molar-refractivity contribution < 1.29 is 29.5 Å². The van der Waals surface area contributed by atoms with Crippen LogP contribution in [0.15, 0.2) is 0 Å². The first-order valence-corrected chi connectivity index (χ1v) is 5.28. The maximum absolute atomic E-state index is 10.3. The molecule has 18 heavy (non-hydrogen) atoms. The molecule has 10 heteroatoms. The molecule has 104 valence electrons. The summed E-state index contributed by atoms with van der Waals surface area (Å²) in [7, 11) is 0. The molecule has 0 saturated carbocycles. The largest absolute Gasteiger partial charge is 0.480 e. The molecule has 0 unspecified atom stereocenters. The molecule has 0 aromatic carbocycles. The van der Waals surface area contributed by atoms with Gasteiger partial charge in [0.05, 0.1) is 16.1 Å². The molecule has 0 aliphatic heterocycles. The Labute approximate surface area is 111 Å². The van der Waals surface area contributed by atoms with E-state index in [2.05, 4.69) is 16.1 Å². The summed E-state index contributed by atoms with van der Waals surface area (Å²) >= 11 is 2.75. The van der Waals surface area contributed by atoms with Gasteiger partial charge in [-0.3, -0.25) is 28.3 Å². The van der Waals surface area contributed by atoms with E-state index in [4.69, 9.17) is 16.0 Å². The zero-order chi connectivity index (χ0) is 14.7. The van der Waals surface area contributed by atoms with Gasteiger partial charge in [0.15, 0.2) is 0 Å². The quantitative estimate of drug-likeness (QED) is 0.288. The van der Waals surface area contributed by atoms with Crippen LogP contribution in [0.25, 0.3) is 0 Å². The lowest BCUT2D eigenvalue weighted by molar-refractivity contribution is -0.140. The second kappa shape index (κ2) is 10.5. The van der Waals surface area contributed by atoms with Crippen molar-refractivity contribution in [3.8, 4) is 0 Å². The zero-order valence-corrected chi connectivity index (χ0v) is 11.1. The van der Waals surface area contributed by atoms with Crippen LogP contribution in [0.3, 0.4) is 0 Å². The molecule has 5 N–H and O–H groups in total. The second-order valence-electron chi connectivity index (χ2n) is 2.93. The van der Waals surface area contributed by atoms with Crippen LogP contribution in [-0.4, -0.2) is 44.5 Å². The highest BCUT2D eigenvalue weighted by Crippen LogP contribution is 1.95. The Morgan fingerprint density at radius 2 is 1.78 bits per heavy atom. The Bertz CT molecular complexity index is 320. The summed E-state index contributed by atoms with van der Waals surface area (Å²) in [6.07, 6.45) is -0.0990. The first-order valence-electron chi connectivity index (χ1n) is 4.57. The monoisotopic (exact) mass is 327 g/mol. The number of hydrogen-bond donors (Lipinski definition) is 4. The van der Waals surface area contributed by atoms with Crippen molar-refractivity contribution in [2.45, 2.75) is 19.8 Å². The highest BCUT2D eigenvalue weighted by Gasteiger charge is 2.07. The number of amides is 3. The summed E-state index contributed by atoms with van der Waals surface area (Å²) in [4.78, 5) is 40.3. The topological polar surface area (TPSA) is 150 Å². The number of primary amides is 1. The van der Waals surface area contributed by atoms with E-state index < -0.39 is 17.8 Å². The standard InChI is InChI=1S/C4H6BrNO3.C4H8N2O3/c1-3(7)6(5)2-4(8)9;5-3(7)1-2-4(8)6-9/h2H2,1H3,(H,8,9);9H,1-2H2,(H2,5,7)(H,6,8). The molecule has 0 aliphatic carbocycles. The summed E-state index contributed by atoms with van der Waals surface area (Å²) in [6, 6.07) is 0. The van der Waals surface area contributed by atoms with Crippen LogP contribution in [0.1, 0.15) is 19.8 Å². The summed E-state index contributed by atoms with van der Waals surface area (Å²) in [5.41, 5.74) is 6.07. The number of rotatable bonds is 5. The van der Waals surface area contributed by atoms with Crippen LogP contribution < -0.4 is 11.2 Å². The molecule has 0 spiro atoms. The summed E-state index contributed by atoms with van der Waals surface area (Å²) in [5.74, 6) is -2.52. The lowest BCUT2D eigenvalue weighted by atomic mass is 10.3. The van der Waals surface area contributed by atoms with Crippen LogP contribution in [0.4, 0.5) is 0 Å². The predicted molar refractivity (Wildman–Crippen MR) is 62.3 cm³/mol. The molecule has 3 amide bonds. The first-order chi connectivity index (χ1) is 8.20. The van der Waals surface area contributed by atoms with E-state index >= 15 is 0 Å². The number of carboxylic acid groups (broad SMARTS) is 1. The molecule has 0 atom stereocenters. The van der Waals surface area contributed by atoms with Crippen molar-refractivity contribution in [2.24, 2.45) is 5.73 Å². The summed E-state index contributed by atoms with van der Waals surface area (Å²) in [5, 5.41) is 16.0.